The smallest absolute Gasteiger partial charge is 0.226 e. The first-order valence-corrected chi connectivity index (χ1v) is 7.39. The SMILES string of the molecule is CCCC1(C(=O)NCC2(O)CCOC2)CCNCC1. The van der Waals surface area contributed by atoms with Crippen LogP contribution in [0.2, 0.25) is 0 Å². The third-order valence-electron chi connectivity index (χ3n) is 4.43. The van der Waals surface area contributed by atoms with Crippen LogP contribution < -0.4 is 10.6 Å². The molecule has 1 amide bonds. The van der Waals surface area contributed by atoms with E-state index in [1.54, 1.807) is 0 Å². The predicted octanol–water partition coefficient (Wildman–Crippen LogP) is 0.424. The van der Waals surface area contributed by atoms with Crippen LogP contribution in [-0.4, -0.2) is 49.5 Å². The van der Waals surface area contributed by atoms with Crippen LogP contribution in [-0.2, 0) is 9.53 Å². The second kappa shape index (κ2) is 6.20. The number of carbonyl (C=O) groups is 1. The molecule has 0 aliphatic carbocycles. The van der Waals surface area contributed by atoms with Crippen molar-refractivity contribution < 1.29 is 14.6 Å². The summed E-state index contributed by atoms with van der Waals surface area (Å²) in [5.74, 6) is 0.108. The number of rotatable bonds is 5. The Morgan fingerprint density at radius 1 is 1.37 bits per heavy atom. The molecule has 19 heavy (non-hydrogen) atoms. The number of carbonyl (C=O) groups excluding carboxylic acids is 1. The maximum Gasteiger partial charge on any atom is 0.226 e. The summed E-state index contributed by atoms with van der Waals surface area (Å²) in [5.41, 5.74) is -1.11. The number of aliphatic hydroxyl groups is 1. The second-order valence-corrected chi connectivity index (χ2v) is 5.99. The molecule has 2 aliphatic rings. The van der Waals surface area contributed by atoms with Gasteiger partial charge in [-0.1, -0.05) is 13.3 Å². The third-order valence-corrected chi connectivity index (χ3v) is 4.43. The quantitative estimate of drug-likeness (QED) is 0.677. The molecule has 1 atom stereocenters. The van der Waals surface area contributed by atoms with Gasteiger partial charge in [0.2, 0.25) is 5.91 Å². The molecule has 3 N–H and O–H groups in total. The normalized spacial score (nSPS) is 30.2. The fourth-order valence-electron chi connectivity index (χ4n) is 3.14. The summed E-state index contributed by atoms with van der Waals surface area (Å²) in [5, 5.41) is 16.5. The van der Waals surface area contributed by atoms with Crippen LogP contribution in [0.15, 0.2) is 0 Å². The van der Waals surface area contributed by atoms with Crippen LogP contribution in [0.1, 0.15) is 39.0 Å². The Hall–Kier alpha value is -0.650. The van der Waals surface area contributed by atoms with Gasteiger partial charge in [-0.05, 0) is 32.4 Å². The van der Waals surface area contributed by atoms with Crippen molar-refractivity contribution in [1.29, 1.82) is 0 Å². The van der Waals surface area contributed by atoms with Crippen molar-refractivity contribution in [3.05, 3.63) is 0 Å². The van der Waals surface area contributed by atoms with Crippen molar-refractivity contribution >= 4 is 5.91 Å². The third kappa shape index (κ3) is 3.46. The van der Waals surface area contributed by atoms with Crippen molar-refractivity contribution in [1.82, 2.24) is 10.6 Å². The summed E-state index contributed by atoms with van der Waals surface area (Å²) in [4.78, 5) is 12.5. The zero-order valence-corrected chi connectivity index (χ0v) is 11.8. The molecule has 2 heterocycles. The van der Waals surface area contributed by atoms with E-state index in [-0.39, 0.29) is 11.3 Å². The highest BCUT2D eigenvalue weighted by atomic mass is 16.5. The molecule has 0 spiro atoms. The molecule has 0 saturated carbocycles. The minimum Gasteiger partial charge on any atom is -0.386 e. The lowest BCUT2D eigenvalue weighted by atomic mass is 9.74. The number of amides is 1. The van der Waals surface area contributed by atoms with Crippen molar-refractivity contribution in [2.75, 3.05) is 32.8 Å². The molecule has 5 heteroatoms. The van der Waals surface area contributed by atoms with Crippen molar-refractivity contribution in [2.45, 2.75) is 44.6 Å². The molecule has 0 aromatic carbocycles. The molecular weight excluding hydrogens is 244 g/mol. The van der Waals surface area contributed by atoms with Gasteiger partial charge in [-0.3, -0.25) is 4.79 Å². The zero-order valence-electron chi connectivity index (χ0n) is 11.8. The van der Waals surface area contributed by atoms with E-state index in [2.05, 4.69) is 17.6 Å². The number of hydrogen-bond donors (Lipinski definition) is 3. The summed E-state index contributed by atoms with van der Waals surface area (Å²) in [6.07, 6.45) is 4.33. The Morgan fingerprint density at radius 3 is 2.68 bits per heavy atom. The van der Waals surface area contributed by atoms with Gasteiger partial charge in [0.15, 0.2) is 0 Å². The van der Waals surface area contributed by atoms with Crippen LogP contribution in [0.5, 0.6) is 0 Å². The monoisotopic (exact) mass is 270 g/mol. The Balaban J connectivity index is 1.91. The summed E-state index contributed by atoms with van der Waals surface area (Å²) in [7, 11) is 0. The summed E-state index contributed by atoms with van der Waals surface area (Å²) in [6, 6.07) is 0. The van der Waals surface area contributed by atoms with Gasteiger partial charge < -0.3 is 20.5 Å². The number of ether oxygens (including phenoxy) is 1. The van der Waals surface area contributed by atoms with E-state index in [0.29, 0.717) is 26.2 Å². The Kier molecular flexibility index (Phi) is 4.81. The summed E-state index contributed by atoms with van der Waals surface area (Å²) >= 11 is 0. The molecule has 2 fully saturated rings. The minimum absolute atomic E-state index is 0.108. The molecule has 2 saturated heterocycles. The van der Waals surface area contributed by atoms with Gasteiger partial charge in [0.25, 0.3) is 0 Å². The maximum atomic E-state index is 12.5. The fraction of sp³-hybridized carbons (Fsp3) is 0.929. The number of nitrogens with one attached hydrogen (secondary N) is 2. The lowest BCUT2D eigenvalue weighted by Gasteiger charge is -2.37. The molecule has 0 radical (unpaired) electrons. The van der Waals surface area contributed by atoms with Gasteiger partial charge in [0.05, 0.1) is 12.0 Å². The van der Waals surface area contributed by atoms with Gasteiger partial charge in [0, 0.05) is 19.6 Å². The molecular formula is C14H26N2O3. The van der Waals surface area contributed by atoms with Crippen molar-refractivity contribution in [3.63, 3.8) is 0 Å². The second-order valence-electron chi connectivity index (χ2n) is 5.99. The van der Waals surface area contributed by atoms with E-state index in [4.69, 9.17) is 4.74 Å². The van der Waals surface area contributed by atoms with E-state index < -0.39 is 5.60 Å². The predicted molar refractivity (Wildman–Crippen MR) is 72.8 cm³/mol. The Labute approximate surface area is 115 Å². The van der Waals surface area contributed by atoms with E-state index in [1.165, 1.54) is 0 Å². The van der Waals surface area contributed by atoms with Crippen LogP contribution in [0.3, 0.4) is 0 Å². The molecule has 1 unspecified atom stereocenters. The first kappa shape index (κ1) is 14.8. The van der Waals surface area contributed by atoms with Crippen molar-refractivity contribution in [2.24, 2.45) is 5.41 Å². The van der Waals surface area contributed by atoms with Gasteiger partial charge in [-0.25, -0.2) is 0 Å². The molecule has 0 aromatic heterocycles. The first-order chi connectivity index (χ1) is 9.10. The average Bonchev–Trinajstić information content (AvgIpc) is 2.85. The molecule has 0 aromatic rings. The van der Waals surface area contributed by atoms with Gasteiger partial charge >= 0.3 is 0 Å². The van der Waals surface area contributed by atoms with Crippen LogP contribution in [0.4, 0.5) is 0 Å². The zero-order chi connectivity index (χ0) is 13.8. The van der Waals surface area contributed by atoms with E-state index in [1.807, 2.05) is 0 Å². The number of piperidine rings is 1. The number of hydrogen-bond acceptors (Lipinski definition) is 4. The summed E-state index contributed by atoms with van der Waals surface area (Å²) < 4.78 is 5.20. The van der Waals surface area contributed by atoms with E-state index in [9.17, 15) is 9.90 Å². The highest BCUT2D eigenvalue weighted by Gasteiger charge is 2.40. The summed E-state index contributed by atoms with van der Waals surface area (Å²) in [6.45, 7) is 5.15. The maximum absolute atomic E-state index is 12.5. The van der Waals surface area contributed by atoms with Crippen LogP contribution >= 0.6 is 0 Å². The fourth-order valence-corrected chi connectivity index (χ4v) is 3.14. The highest BCUT2D eigenvalue weighted by molar-refractivity contribution is 5.82. The topological polar surface area (TPSA) is 70.6 Å². The van der Waals surface area contributed by atoms with E-state index in [0.717, 1.165) is 38.8 Å². The molecule has 0 bridgehead atoms. The lowest BCUT2D eigenvalue weighted by Crippen LogP contribution is -2.51. The Bertz CT molecular complexity index is 302. The minimum atomic E-state index is -0.865. The van der Waals surface area contributed by atoms with Gasteiger partial charge in [-0.15, -0.1) is 0 Å². The molecule has 5 nitrogen and oxygen atoms in total. The molecule has 110 valence electrons. The Morgan fingerprint density at radius 2 is 2.11 bits per heavy atom. The highest BCUT2D eigenvalue weighted by Crippen LogP contribution is 2.34. The average molecular weight is 270 g/mol. The largest absolute Gasteiger partial charge is 0.386 e. The van der Waals surface area contributed by atoms with Crippen molar-refractivity contribution in [3.8, 4) is 0 Å². The van der Waals surface area contributed by atoms with Gasteiger partial charge in [0.1, 0.15) is 5.60 Å². The molecule has 2 rings (SSSR count). The van der Waals surface area contributed by atoms with Crippen LogP contribution in [0, 0.1) is 5.41 Å². The standard InChI is InChI=1S/C14H26N2O3/c1-2-3-13(4-7-15-8-5-13)12(17)16-10-14(18)6-9-19-11-14/h15,18H,2-11H2,1H3,(H,16,17). The van der Waals surface area contributed by atoms with E-state index >= 15 is 0 Å². The van der Waals surface area contributed by atoms with Gasteiger partial charge in [-0.2, -0.15) is 0 Å². The van der Waals surface area contributed by atoms with Crippen LogP contribution in [0.25, 0.3) is 0 Å². The first-order valence-electron chi connectivity index (χ1n) is 7.39. The lowest BCUT2D eigenvalue weighted by molar-refractivity contribution is -0.134. The molecule has 2 aliphatic heterocycles.